The lowest BCUT2D eigenvalue weighted by atomic mass is 10.2. The molecule has 0 bridgehead atoms. The largest absolute Gasteiger partial charge is 0.466 e. The molecular formula is C17H26O3. The molecule has 0 aliphatic carbocycles. The van der Waals surface area contributed by atoms with E-state index in [1.165, 1.54) is 32.4 Å². The maximum absolute atomic E-state index is 10.8. The predicted molar refractivity (Wildman–Crippen MR) is 83.3 cm³/mol. The molecule has 0 saturated heterocycles. The number of aliphatic hydroxyl groups excluding tert-OH is 1. The molecule has 0 heterocycles. The van der Waals surface area contributed by atoms with Crippen LogP contribution >= 0.6 is 0 Å². The van der Waals surface area contributed by atoms with Gasteiger partial charge in [0.05, 0.1) is 13.2 Å². The molecule has 0 aromatic rings. The van der Waals surface area contributed by atoms with Crippen molar-refractivity contribution in [1.82, 2.24) is 0 Å². The van der Waals surface area contributed by atoms with Crippen molar-refractivity contribution in [2.75, 3.05) is 7.11 Å². The molecule has 20 heavy (non-hydrogen) atoms. The first-order chi connectivity index (χ1) is 9.70. The zero-order valence-corrected chi connectivity index (χ0v) is 12.5. The van der Waals surface area contributed by atoms with Gasteiger partial charge in [-0.05, 0) is 19.3 Å². The van der Waals surface area contributed by atoms with Crippen LogP contribution < -0.4 is 0 Å². The summed E-state index contributed by atoms with van der Waals surface area (Å²) in [6.45, 7) is 2.19. The smallest absolute Gasteiger partial charge is 0.330 e. The van der Waals surface area contributed by atoms with Crippen molar-refractivity contribution in [2.24, 2.45) is 0 Å². The highest BCUT2D eigenvalue weighted by molar-refractivity contribution is 5.82. The standard InChI is InChI=1S/C17H26O3/c1-3-4-5-6-7-8-10-13-16(18)14-11-9-12-15-17(19)20-2/h7-13,15-16,18H,3-6,14H2,1-2H3/b8-7+,11-9+,13-10+,15-12+. The Labute approximate surface area is 122 Å². The molecule has 0 saturated carbocycles. The Hall–Kier alpha value is -1.61. The van der Waals surface area contributed by atoms with Crippen LogP contribution in [0.25, 0.3) is 0 Å². The molecule has 0 aromatic carbocycles. The minimum absolute atomic E-state index is 0.386. The Kier molecular flexibility index (Phi) is 12.7. The number of esters is 1. The summed E-state index contributed by atoms with van der Waals surface area (Å²) >= 11 is 0. The summed E-state index contributed by atoms with van der Waals surface area (Å²) in [6, 6.07) is 0. The van der Waals surface area contributed by atoms with E-state index in [2.05, 4.69) is 17.7 Å². The lowest BCUT2D eigenvalue weighted by molar-refractivity contribution is -0.134. The van der Waals surface area contributed by atoms with E-state index >= 15 is 0 Å². The Morgan fingerprint density at radius 2 is 1.90 bits per heavy atom. The third-order valence-corrected chi connectivity index (χ3v) is 2.61. The second-order valence-electron chi connectivity index (χ2n) is 4.42. The third kappa shape index (κ3) is 12.8. The number of carbonyl (C=O) groups excluding carboxylic acids is 1. The van der Waals surface area contributed by atoms with Crippen LogP contribution in [-0.4, -0.2) is 24.3 Å². The molecule has 1 N–H and O–H groups in total. The van der Waals surface area contributed by atoms with Gasteiger partial charge in [-0.1, -0.05) is 62.3 Å². The van der Waals surface area contributed by atoms with E-state index in [4.69, 9.17) is 0 Å². The fourth-order valence-electron chi connectivity index (χ4n) is 1.46. The summed E-state index contributed by atoms with van der Waals surface area (Å²) < 4.78 is 4.45. The van der Waals surface area contributed by atoms with Gasteiger partial charge in [-0.2, -0.15) is 0 Å². The van der Waals surface area contributed by atoms with Crippen LogP contribution in [0.5, 0.6) is 0 Å². The lowest BCUT2D eigenvalue weighted by Gasteiger charge is -1.98. The van der Waals surface area contributed by atoms with Crippen molar-refractivity contribution in [3.05, 3.63) is 48.6 Å². The zero-order valence-electron chi connectivity index (χ0n) is 12.5. The number of aliphatic hydroxyl groups is 1. The van der Waals surface area contributed by atoms with Crippen molar-refractivity contribution in [3.8, 4) is 0 Å². The summed E-state index contributed by atoms with van der Waals surface area (Å²) in [5.41, 5.74) is 0. The number of carbonyl (C=O) groups is 1. The second kappa shape index (κ2) is 13.8. The minimum atomic E-state index is -0.502. The molecule has 1 atom stereocenters. The van der Waals surface area contributed by atoms with Crippen LogP contribution in [0.15, 0.2) is 48.6 Å². The Morgan fingerprint density at radius 1 is 1.15 bits per heavy atom. The molecule has 0 amide bonds. The summed E-state index contributed by atoms with van der Waals surface area (Å²) in [4.78, 5) is 10.8. The summed E-state index contributed by atoms with van der Waals surface area (Å²) in [5, 5.41) is 9.66. The summed E-state index contributed by atoms with van der Waals surface area (Å²) in [6.07, 6.45) is 19.0. The van der Waals surface area contributed by atoms with Gasteiger partial charge in [0, 0.05) is 6.08 Å². The van der Waals surface area contributed by atoms with Gasteiger partial charge in [0.1, 0.15) is 0 Å². The van der Waals surface area contributed by atoms with Crippen molar-refractivity contribution in [3.63, 3.8) is 0 Å². The molecule has 0 fully saturated rings. The number of hydrogen-bond donors (Lipinski definition) is 1. The molecule has 112 valence electrons. The SMILES string of the molecule is CCCCC/C=C/C=C/C(O)C/C=C/C=C/C(=O)OC. The zero-order chi connectivity index (χ0) is 15.1. The van der Waals surface area contributed by atoms with Crippen molar-refractivity contribution >= 4 is 5.97 Å². The first-order valence-corrected chi connectivity index (χ1v) is 7.13. The van der Waals surface area contributed by atoms with E-state index in [0.29, 0.717) is 6.42 Å². The van der Waals surface area contributed by atoms with Crippen LogP contribution in [0.1, 0.15) is 39.0 Å². The number of hydrogen-bond acceptors (Lipinski definition) is 3. The third-order valence-electron chi connectivity index (χ3n) is 2.61. The molecule has 0 aliphatic heterocycles. The molecule has 0 aromatic heterocycles. The lowest BCUT2D eigenvalue weighted by Crippen LogP contribution is -1.98. The molecule has 0 spiro atoms. The van der Waals surface area contributed by atoms with Gasteiger partial charge < -0.3 is 9.84 Å². The van der Waals surface area contributed by atoms with Gasteiger partial charge in [-0.15, -0.1) is 0 Å². The molecular weight excluding hydrogens is 252 g/mol. The minimum Gasteiger partial charge on any atom is -0.466 e. The maximum Gasteiger partial charge on any atom is 0.330 e. The van der Waals surface area contributed by atoms with E-state index in [0.717, 1.165) is 6.42 Å². The Balaban J connectivity index is 3.76. The van der Waals surface area contributed by atoms with Crippen molar-refractivity contribution in [1.29, 1.82) is 0 Å². The second-order valence-corrected chi connectivity index (χ2v) is 4.42. The van der Waals surface area contributed by atoms with Gasteiger partial charge >= 0.3 is 5.97 Å². The molecule has 0 radical (unpaired) electrons. The Morgan fingerprint density at radius 3 is 2.60 bits per heavy atom. The highest BCUT2D eigenvalue weighted by atomic mass is 16.5. The highest BCUT2D eigenvalue weighted by Gasteiger charge is 1.93. The van der Waals surface area contributed by atoms with Crippen molar-refractivity contribution in [2.45, 2.75) is 45.1 Å². The molecule has 0 rings (SSSR count). The number of methoxy groups -OCH3 is 1. The Bertz CT molecular complexity index is 351. The van der Waals surface area contributed by atoms with Gasteiger partial charge in [-0.25, -0.2) is 4.79 Å². The quantitative estimate of drug-likeness (QED) is 0.287. The first kappa shape index (κ1) is 18.4. The summed E-state index contributed by atoms with van der Waals surface area (Å²) in [5.74, 6) is -0.386. The highest BCUT2D eigenvalue weighted by Crippen LogP contribution is 2.00. The average molecular weight is 278 g/mol. The number of allylic oxidation sites excluding steroid dienone is 5. The number of ether oxygens (including phenoxy) is 1. The molecule has 0 aliphatic rings. The van der Waals surface area contributed by atoms with Crippen LogP contribution in [-0.2, 0) is 9.53 Å². The van der Waals surface area contributed by atoms with E-state index < -0.39 is 6.10 Å². The molecule has 3 heteroatoms. The number of unbranched alkanes of at least 4 members (excludes halogenated alkanes) is 3. The van der Waals surface area contributed by atoms with Crippen LogP contribution in [0.2, 0.25) is 0 Å². The van der Waals surface area contributed by atoms with Gasteiger partial charge in [0.25, 0.3) is 0 Å². The fourth-order valence-corrected chi connectivity index (χ4v) is 1.46. The van der Waals surface area contributed by atoms with Crippen LogP contribution in [0.4, 0.5) is 0 Å². The average Bonchev–Trinajstić information content (AvgIpc) is 2.45. The summed E-state index contributed by atoms with van der Waals surface area (Å²) in [7, 11) is 1.33. The topological polar surface area (TPSA) is 46.5 Å². The maximum atomic E-state index is 10.8. The predicted octanol–water partition coefficient (Wildman–Crippen LogP) is 3.72. The van der Waals surface area contributed by atoms with E-state index in [9.17, 15) is 9.90 Å². The van der Waals surface area contributed by atoms with Gasteiger partial charge in [0.15, 0.2) is 0 Å². The number of rotatable bonds is 10. The molecule has 3 nitrogen and oxygen atoms in total. The normalized spacial score (nSPS) is 13.9. The fraction of sp³-hybridized carbons (Fsp3) is 0.471. The van der Waals surface area contributed by atoms with E-state index in [1.54, 1.807) is 24.3 Å². The van der Waals surface area contributed by atoms with Gasteiger partial charge in [0.2, 0.25) is 0 Å². The first-order valence-electron chi connectivity index (χ1n) is 7.13. The van der Waals surface area contributed by atoms with Crippen molar-refractivity contribution < 1.29 is 14.6 Å². The monoisotopic (exact) mass is 278 g/mol. The van der Waals surface area contributed by atoms with Crippen LogP contribution in [0.3, 0.4) is 0 Å². The van der Waals surface area contributed by atoms with Crippen LogP contribution in [0, 0.1) is 0 Å². The van der Waals surface area contributed by atoms with Gasteiger partial charge in [-0.3, -0.25) is 0 Å². The van der Waals surface area contributed by atoms with E-state index in [1.807, 2.05) is 12.2 Å². The molecule has 1 unspecified atom stereocenters. The van der Waals surface area contributed by atoms with E-state index in [-0.39, 0.29) is 5.97 Å².